The summed E-state index contributed by atoms with van der Waals surface area (Å²) in [6, 6.07) is 50.4. The molecule has 244 valence electrons. The monoisotopic (exact) mass is 654 g/mol. The Labute approximate surface area is 299 Å². The number of rotatable bonds is 9. The standard InChI is InChI=1S/C49H38N2/c1-5-14-34(7-3)35-20-22-36(23-21-35)37-24-28-41(29-25-37)50-46(8-4)42(15-6-2)44-32-38(26-30-48(44)50)39-27-31-49-45(33-39)43-18-12-13-19-47(43)51(49)40-16-10-9-11-17-40/h5-33H,1,3-4H2,2H3/b15-6-,34-14+. The van der Waals surface area contributed by atoms with Gasteiger partial charge in [-0.3, -0.25) is 0 Å². The zero-order valence-corrected chi connectivity index (χ0v) is 28.8. The number of nitrogens with zero attached hydrogens (tertiary/aromatic N) is 2. The van der Waals surface area contributed by atoms with Crippen molar-refractivity contribution < 1.29 is 0 Å². The van der Waals surface area contributed by atoms with Gasteiger partial charge in [-0.05, 0) is 101 Å². The number of benzene rings is 6. The molecule has 0 amide bonds. The lowest BCUT2D eigenvalue weighted by atomic mass is 9.99. The first kappa shape index (κ1) is 31.6. The van der Waals surface area contributed by atoms with Gasteiger partial charge in [0.25, 0.3) is 0 Å². The lowest BCUT2D eigenvalue weighted by molar-refractivity contribution is 1.11. The normalized spacial score (nSPS) is 11.9. The molecule has 0 radical (unpaired) electrons. The van der Waals surface area contributed by atoms with E-state index in [9.17, 15) is 0 Å². The Bertz CT molecular complexity index is 2660. The molecular weight excluding hydrogens is 617 g/mol. The molecule has 0 N–H and O–H groups in total. The molecule has 8 aromatic rings. The van der Waals surface area contributed by atoms with Crippen LogP contribution in [0.15, 0.2) is 184 Å². The number of hydrogen-bond acceptors (Lipinski definition) is 0. The Morgan fingerprint density at radius 3 is 1.75 bits per heavy atom. The minimum atomic E-state index is 1.06. The maximum Gasteiger partial charge on any atom is 0.0541 e. The van der Waals surface area contributed by atoms with E-state index in [0.29, 0.717) is 0 Å². The maximum atomic E-state index is 4.26. The van der Waals surface area contributed by atoms with Gasteiger partial charge in [-0.15, -0.1) is 0 Å². The topological polar surface area (TPSA) is 9.86 Å². The van der Waals surface area contributed by atoms with Crippen molar-refractivity contribution in [1.29, 1.82) is 0 Å². The summed E-state index contributed by atoms with van der Waals surface area (Å²) in [5, 5.41) is 3.69. The molecule has 6 aromatic carbocycles. The van der Waals surface area contributed by atoms with Crippen LogP contribution in [-0.2, 0) is 0 Å². The third kappa shape index (κ3) is 5.48. The molecule has 0 spiro atoms. The van der Waals surface area contributed by atoms with Crippen LogP contribution in [0.4, 0.5) is 0 Å². The van der Waals surface area contributed by atoms with E-state index >= 15 is 0 Å². The Kier molecular flexibility index (Phi) is 8.27. The third-order valence-corrected chi connectivity index (χ3v) is 9.79. The lowest BCUT2D eigenvalue weighted by Crippen LogP contribution is -1.97. The number of hydrogen-bond donors (Lipinski definition) is 0. The van der Waals surface area contributed by atoms with Gasteiger partial charge in [0.05, 0.1) is 22.2 Å². The molecule has 0 fully saturated rings. The van der Waals surface area contributed by atoms with Crippen LogP contribution in [-0.4, -0.2) is 9.13 Å². The van der Waals surface area contributed by atoms with Crippen LogP contribution in [0.2, 0.25) is 0 Å². The summed E-state index contributed by atoms with van der Waals surface area (Å²) in [7, 11) is 0. The van der Waals surface area contributed by atoms with Gasteiger partial charge >= 0.3 is 0 Å². The van der Waals surface area contributed by atoms with Crippen LogP contribution in [0.3, 0.4) is 0 Å². The van der Waals surface area contributed by atoms with Crippen molar-refractivity contribution in [2.75, 3.05) is 0 Å². The number of fused-ring (bicyclic) bond motifs is 4. The molecule has 0 unspecified atom stereocenters. The molecule has 2 heteroatoms. The van der Waals surface area contributed by atoms with E-state index in [-0.39, 0.29) is 0 Å². The van der Waals surface area contributed by atoms with Crippen LogP contribution < -0.4 is 0 Å². The molecule has 0 bridgehead atoms. The largest absolute Gasteiger partial charge is 0.309 e. The van der Waals surface area contributed by atoms with E-state index in [0.717, 1.165) is 50.4 Å². The van der Waals surface area contributed by atoms with Gasteiger partial charge in [-0.2, -0.15) is 0 Å². The zero-order valence-electron chi connectivity index (χ0n) is 28.8. The molecule has 51 heavy (non-hydrogen) atoms. The second kappa shape index (κ2) is 13.3. The van der Waals surface area contributed by atoms with Crippen LogP contribution in [0, 0.1) is 0 Å². The molecule has 0 aliphatic heterocycles. The second-order valence-corrected chi connectivity index (χ2v) is 12.7. The van der Waals surface area contributed by atoms with E-state index < -0.39 is 0 Å². The fourth-order valence-electron chi connectivity index (χ4n) is 7.41. The predicted molar refractivity (Wildman–Crippen MR) is 222 cm³/mol. The lowest BCUT2D eigenvalue weighted by Gasteiger charge is -2.11. The van der Waals surface area contributed by atoms with Crippen molar-refractivity contribution in [3.05, 3.63) is 200 Å². The Hall–Kier alpha value is -6.64. The third-order valence-electron chi connectivity index (χ3n) is 9.79. The quantitative estimate of drug-likeness (QED) is 0.137. The van der Waals surface area contributed by atoms with E-state index in [2.05, 4.69) is 187 Å². The maximum absolute atomic E-state index is 4.26. The number of allylic oxidation sites excluding steroid dienone is 5. The highest BCUT2D eigenvalue weighted by Gasteiger charge is 2.18. The average molecular weight is 655 g/mol. The first-order valence-corrected chi connectivity index (χ1v) is 17.3. The van der Waals surface area contributed by atoms with Crippen molar-refractivity contribution >= 4 is 50.4 Å². The summed E-state index contributed by atoms with van der Waals surface area (Å²) >= 11 is 0. The Balaban J connectivity index is 1.21. The number of aromatic nitrogens is 2. The van der Waals surface area contributed by atoms with E-state index in [1.54, 1.807) is 6.08 Å². The molecule has 0 atom stereocenters. The molecular formula is C49H38N2. The van der Waals surface area contributed by atoms with E-state index in [4.69, 9.17) is 0 Å². The van der Waals surface area contributed by atoms with Gasteiger partial charge in [0.2, 0.25) is 0 Å². The molecule has 0 aliphatic rings. The molecule has 8 rings (SSSR count). The summed E-state index contributed by atoms with van der Waals surface area (Å²) in [6.07, 6.45) is 11.9. The van der Waals surface area contributed by atoms with E-state index in [1.165, 1.54) is 38.3 Å². The second-order valence-electron chi connectivity index (χ2n) is 12.7. The predicted octanol–water partition coefficient (Wildman–Crippen LogP) is 13.5. The van der Waals surface area contributed by atoms with Crippen molar-refractivity contribution in [2.24, 2.45) is 0 Å². The SMILES string of the molecule is C=C/C=C(\C=C)c1ccc(-c2ccc(-n3c(C=C)c(/C=C\C)c4cc(-c5ccc6c(c5)c5ccccc5n6-c5ccccc5)ccc43)cc2)cc1. The summed E-state index contributed by atoms with van der Waals surface area (Å²) in [5.74, 6) is 0. The first-order chi connectivity index (χ1) is 25.1. The summed E-state index contributed by atoms with van der Waals surface area (Å²) in [6.45, 7) is 14.1. The number of para-hydroxylation sites is 2. The van der Waals surface area contributed by atoms with Crippen LogP contribution in [0.5, 0.6) is 0 Å². The minimum Gasteiger partial charge on any atom is -0.309 e. The molecule has 2 heterocycles. The zero-order chi connectivity index (χ0) is 34.9. The molecule has 2 aromatic heterocycles. The molecule has 0 saturated heterocycles. The van der Waals surface area contributed by atoms with Gasteiger partial charge in [0, 0.05) is 33.1 Å². The highest BCUT2D eigenvalue weighted by molar-refractivity contribution is 6.10. The van der Waals surface area contributed by atoms with Gasteiger partial charge in [-0.25, -0.2) is 0 Å². The highest BCUT2D eigenvalue weighted by Crippen LogP contribution is 2.38. The molecule has 2 nitrogen and oxygen atoms in total. The van der Waals surface area contributed by atoms with Crippen molar-refractivity contribution in [2.45, 2.75) is 6.92 Å². The van der Waals surface area contributed by atoms with Gasteiger partial charge in [-0.1, -0.05) is 135 Å². The van der Waals surface area contributed by atoms with Crippen molar-refractivity contribution in [3.8, 4) is 33.6 Å². The summed E-state index contributed by atoms with van der Waals surface area (Å²) in [5.41, 5.74) is 14.9. The van der Waals surface area contributed by atoms with Crippen molar-refractivity contribution in [3.63, 3.8) is 0 Å². The van der Waals surface area contributed by atoms with Crippen LogP contribution in [0.25, 0.3) is 84.1 Å². The smallest absolute Gasteiger partial charge is 0.0541 e. The highest BCUT2D eigenvalue weighted by atomic mass is 15.0. The molecule has 0 aliphatic carbocycles. The van der Waals surface area contributed by atoms with Gasteiger partial charge in [0.15, 0.2) is 0 Å². The fourth-order valence-corrected chi connectivity index (χ4v) is 7.41. The fraction of sp³-hybridized carbons (Fsp3) is 0.0204. The minimum absolute atomic E-state index is 1.06. The van der Waals surface area contributed by atoms with E-state index in [1.807, 2.05) is 18.2 Å². The van der Waals surface area contributed by atoms with Gasteiger partial charge in [0.1, 0.15) is 0 Å². The summed E-state index contributed by atoms with van der Waals surface area (Å²) < 4.78 is 4.68. The van der Waals surface area contributed by atoms with Gasteiger partial charge < -0.3 is 9.13 Å². The van der Waals surface area contributed by atoms with Crippen LogP contribution >= 0.6 is 0 Å². The molecule has 0 saturated carbocycles. The first-order valence-electron chi connectivity index (χ1n) is 17.3. The average Bonchev–Trinajstić information content (AvgIpc) is 3.69. The van der Waals surface area contributed by atoms with Crippen molar-refractivity contribution in [1.82, 2.24) is 9.13 Å². The Morgan fingerprint density at radius 1 is 0.529 bits per heavy atom. The summed E-state index contributed by atoms with van der Waals surface area (Å²) in [4.78, 5) is 0. The van der Waals surface area contributed by atoms with Crippen LogP contribution in [0.1, 0.15) is 23.7 Å². The Morgan fingerprint density at radius 2 is 1.10 bits per heavy atom.